The molecule has 0 fully saturated rings. The fraction of sp³-hybridized carbons (Fsp3) is 0.143. The lowest BCUT2D eigenvalue weighted by molar-refractivity contribution is -0.136. The smallest absolute Gasteiger partial charge is 0.354 e. The van der Waals surface area contributed by atoms with Crippen LogP contribution in [0.15, 0.2) is 70.9 Å². The van der Waals surface area contributed by atoms with E-state index in [1.165, 1.54) is 29.5 Å². The van der Waals surface area contributed by atoms with Gasteiger partial charge in [-0.25, -0.2) is 0 Å². The minimum atomic E-state index is -5.09. The fourth-order valence-corrected chi connectivity index (χ4v) is 5.20. The standard InChI is InChI=1S/C21H15F4NO2S2/c22-21(23,24)12-15(17-9-5-11-29-17)19-13-6-1-3-8-16(13)26-20(19)14-7-2-4-10-18(14)30(25,27)28/h1-11,15,26H,12H2. The molecule has 9 heteroatoms. The summed E-state index contributed by atoms with van der Waals surface area (Å²) >= 11 is 1.19. The summed E-state index contributed by atoms with van der Waals surface area (Å²) in [5.41, 5.74) is 0.990. The Hall–Kier alpha value is -2.65. The molecule has 0 saturated heterocycles. The number of benzene rings is 2. The van der Waals surface area contributed by atoms with Crippen LogP contribution in [0.5, 0.6) is 0 Å². The first kappa shape index (κ1) is 20.6. The molecule has 4 aromatic rings. The molecule has 1 N–H and O–H groups in total. The third kappa shape index (κ3) is 3.99. The molecular formula is C21H15F4NO2S2. The maximum atomic E-state index is 14.0. The summed E-state index contributed by atoms with van der Waals surface area (Å²) in [7, 11) is -5.09. The summed E-state index contributed by atoms with van der Waals surface area (Å²) < 4.78 is 78.0. The van der Waals surface area contributed by atoms with E-state index < -0.39 is 33.6 Å². The second-order valence-corrected chi connectivity index (χ2v) is 9.08. The lowest BCUT2D eigenvalue weighted by atomic mass is 9.89. The van der Waals surface area contributed by atoms with Crippen molar-refractivity contribution in [3.63, 3.8) is 0 Å². The lowest BCUT2D eigenvalue weighted by Crippen LogP contribution is -2.15. The molecule has 156 valence electrons. The summed E-state index contributed by atoms with van der Waals surface area (Å²) in [6, 6.07) is 15.4. The Kier molecular flexibility index (Phi) is 5.19. The molecule has 2 aromatic heterocycles. The van der Waals surface area contributed by atoms with Gasteiger partial charge >= 0.3 is 16.4 Å². The fourth-order valence-electron chi connectivity index (χ4n) is 3.69. The van der Waals surface area contributed by atoms with Gasteiger partial charge in [0.05, 0.1) is 12.1 Å². The number of aromatic nitrogens is 1. The van der Waals surface area contributed by atoms with Crippen LogP contribution >= 0.6 is 11.3 Å². The van der Waals surface area contributed by atoms with E-state index in [-0.39, 0.29) is 11.3 Å². The number of thiophene rings is 1. The van der Waals surface area contributed by atoms with Crippen LogP contribution in [0.2, 0.25) is 0 Å². The summed E-state index contributed by atoms with van der Waals surface area (Å²) in [5, 5.41) is 2.22. The molecule has 2 aromatic carbocycles. The predicted octanol–water partition coefficient (Wildman–Crippen LogP) is 6.64. The van der Waals surface area contributed by atoms with E-state index in [0.29, 0.717) is 21.3 Å². The molecule has 3 nitrogen and oxygen atoms in total. The van der Waals surface area contributed by atoms with Crippen molar-refractivity contribution < 1.29 is 25.5 Å². The molecule has 0 aliphatic carbocycles. The molecule has 0 spiro atoms. The van der Waals surface area contributed by atoms with Crippen LogP contribution < -0.4 is 0 Å². The quantitative estimate of drug-likeness (QED) is 0.272. The zero-order chi connectivity index (χ0) is 21.5. The van der Waals surface area contributed by atoms with E-state index >= 15 is 0 Å². The molecule has 4 rings (SSSR count). The van der Waals surface area contributed by atoms with Crippen molar-refractivity contribution in [1.29, 1.82) is 0 Å². The Balaban J connectivity index is 2.06. The van der Waals surface area contributed by atoms with Crippen molar-refractivity contribution in [3.05, 3.63) is 76.5 Å². The number of fused-ring (bicyclic) bond motifs is 1. The van der Waals surface area contributed by atoms with E-state index in [4.69, 9.17) is 0 Å². The number of para-hydroxylation sites is 1. The van der Waals surface area contributed by atoms with Crippen molar-refractivity contribution in [1.82, 2.24) is 4.98 Å². The third-order valence-corrected chi connectivity index (χ3v) is 6.70. The van der Waals surface area contributed by atoms with Gasteiger partial charge in [0.15, 0.2) is 0 Å². The molecule has 2 heterocycles. The van der Waals surface area contributed by atoms with Crippen molar-refractivity contribution in [3.8, 4) is 11.3 Å². The van der Waals surface area contributed by atoms with Gasteiger partial charge in [0.1, 0.15) is 4.90 Å². The van der Waals surface area contributed by atoms with Crippen molar-refractivity contribution >= 4 is 32.5 Å². The Labute approximate surface area is 174 Å². The van der Waals surface area contributed by atoms with Gasteiger partial charge < -0.3 is 4.98 Å². The normalized spacial score (nSPS) is 13.6. The Morgan fingerprint density at radius 3 is 2.33 bits per heavy atom. The van der Waals surface area contributed by atoms with Crippen LogP contribution in [0.25, 0.3) is 22.2 Å². The van der Waals surface area contributed by atoms with E-state index in [0.717, 1.165) is 6.07 Å². The van der Waals surface area contributed by atoms with Crippen LogP contribution in [0.3, 0.4) is 0 Å². The van der Waals surface area contributed by atoms with Gasteiger partial charge in [0, 0.05) is 27.3 Å². The van der Waals surface area contributed by atoms with Crippen molar-refractivity contribution in [2.24, 2.45) is 0 Å². The predicted molar refractivity (Wildman–Crippen MR) is 109 cm³/mol. The van der Waals surface area contributed by atoms with Crippen LogP contribution in [-0.2, 0) is 10.2 Å². The zero-order valence-electron chi connectivity index (χ0n) is 15.3. The first-order chi connectivity index (χ1) is 14.1. The van der Waals surface area contributed by atoms with Crippen LogP contribution in [0.4, 0.5) is 17.1 Å². The van der Waals surface area contributed by atoms with Gasteiger partial charge in [-0.05, 0) is 29.1 Å². The first-order valence-electron chi connectivity index (χ1n) is 8.90. The average molecular weight is 453 g/mol. The largest absolute Gasteiger partial charge is 0.390 e. The highest BCUT2D eigenvalue weighted by Gasteiger charge is 2.37. The zero-order valence-corrected chi connectivity index (χ0v) is 16.9. The molecule has 0 aliphatic rings. The highest BCUT2D eigenvalue weighted by atomic mass is 32.3. The Morgan fingerprint density at radius 2 is 1.67 bits per heavy atom. The highest BCUT2D eigenvalue weighted by Crippen LogP contribution is 2.46. The number of hydrogen-bond acceptors (Lipinski definition) is 3. The second kappa shape index (κ2) is 7.55. The van der Waals surface area contributed by atoms with Gasteiger partial charge in [-0.1, -0.05) is 42.5 Å². The summed E-state index contributed by atoms with van der Waals surface area (Å²) in [6.45, 7) is 0. The van der Waals surface area contributed by atoms with Crippen LogP contribution in [-0.4, -0.2) is 19.6 Å². The summed E-state index contributed by atoms with van der Waals surface area (Å²) in [5.74, 6) is -1.08. The van der Waals surface area contributed by atoms with E-state index in [2.05, 4.69) is 4.98 Å². The molecule has 0 amide bonds. The molecule has 30 heavy (non-hydrogen) atoms. The first-order valence-corrected chi connectivity index (χ1v) is 11.2. The van der Waals surface area contributed by atoms with E-state index in [1.807, 2.05) is 0 Å². The molecular weight excluding hydrogens is 438 g/mol. The average Bonchev–Trinajstić information content (AvgIpc) is 3.33. The van der Waals surface area contributed by atoms with Crippen LogP contribution in [0, 0.1) is 0 Å². The van der Waals surface area contributed by atoms with Crippen molar-refractivity contribution in [2.45, 2.75) is 23.4 Å². The highest BCUT2D eigenvalue weighted by molar-refractivity contribution is 7.86. The molecule has 1 atom stereocenters. The van der Waals surface area contributed by atoms with Crippen LogP contribution in [0.1, 0.15) is 22.8 Å². The summed E-state index contributed by atoms with van der Waals surface area (Å²) in [6.07, 6.45) is -5.59. The molecule has 0 aliphatic heterocycles. The molecule has 0 saturated carbocycles. The SMILES string of the molecule is O=S(=O)(F)c1ccccc1-c1[nH]c2ccccc2c1C(CC(F)(F)F)c1cccs1. The minimum Gasteiger partial charge on any atom is -0.354 e. The molecule has 1 unspecified atom stereocenters. The third-order valence-electron chi connectivity index (χ3n) is 4.84. The van der Waals surface area contributed by atoms with Gasteiger partial charge in [-0.15, -0.1) is 15.2 Å². The summed E-state index contributed by atoms with van der Waals surface area (Å²) in [4.78, 5) is 2.92. The van der Waals surface area contributed by atoms with Gasteiger partial charge in [-0.3, -0.25) is 0 Å². The molecule has 0 bridgehead atoms. The van der Waals surface area contributed by atoms with E-state index in [1.54, 1.807) is 41.8 Å². The van der Waals surface area contributed by atoms with Gasteiger partial charge in [0.25, 0.3) is 0 Å². The van der Waals surface area contributed by atoms with Gasteiger partial charge in [-0.2, -0.15) is 21.6 Å². The number of hydrogen-bond donors (Lipinski definition) is 1. The van der Waals surface area contributed by atoms with Gasteiger partial charge in [0.2, 0.25) is 0 Å². The Bertz CT molecular complexity index is 1290. The maximum Gasteiger partial charge on any atom is 0.390 e. The maximum absolute atomic E-state index is 14.0. The Morgan fingerprint density at radius 1 is 0.967 bits per heavy atom. The number of rotatable bonds is 5. The lowest BCUT2D eigenvalue weighted by Gasteiger charge is -2.20. The second-order valence-electron chi connectivity index (χ2n) is 6.78. The monoisotopic (exact) mass is 453 g/mol. The topological polar surface area (TPSA) is 49.9 Å². The number of aromatic amines is 1. The molecule has 0 radical (unpaired) electrons. The number of nitrogens with one attached hydrogen (secondary N) is 1. The van der Waals surface area contributed by atoms with Crippen molar-refractivity contribution in [2.75, 3.05) is 0 Å². The number of halogens is 4. The number of alkyl halides is 3. The number of H-pyrrole nitrogens is 1. The minimum absolute atomic E-state index is 0.00469. The van der Waals surface area contributed by atoms with E-state index in [9.17, 15) is 25.5 Å².